The Bertz CT molecular complexity index is 700. The molecule has 0 saturated carbocycles. The number of fused-ring (bicyclic) bond motifs is 1. The van der Waals surface area contributed by atoms with Crippen molar-refractivity contribution >= 4 is 23.8 Å². The van der Waals surface area contributed by atoms with E-state index in [9.17, 15) is 9.59 Å². The van der Waals surface area contributed by atoms with Gasteiger partial charge in [-0.2, -0.15) is 0 Å². The lowest BCUT2D eigenvalue weighted by Gasteiger charge is -2.26. The molecule has 2 aliphatic heterocycles. The van der Waals surface area contributed by atoms with Crippen LogP contribution in [0.5, 0.6) is 0 Å². The Hall–Kier alpha value is -2.03. The summed E-state index contributed by atoms with van der Waals surface area (Å²) in [7, 11) is 0. The van der Waals surface area contributed by atoms with Gasteiger partial charge >= 0.3 is 12.0 Å². The maximum Gasteiger partial charge on any atom is 0.337 e. The van der Waals surface area contributed by atoms with Crippen molar-refractivity contribution in [3.63, 3.8) is 0 Å². The van der Waals surface area contributed by atoms with E-state index in [1.807, 2.05) is 0 Å². The molecule has 1 unspecified atom stereocenters. The number of nitrogens with zero attached hydrogens (tertiary/aromatic N) is 3. The molecule has 0 radical (unpaired) electrons. The molecule has 0 aromatic carbocycles. The van der Waals surface area contributed by atoms with Crippen LogP contribution in [0.25, 0.3) is 0 Å². The second kappa shape index (κ2) is 7.90. The lowest BCUT2D eigenvalue weighted by Crippen LogP contribution is -2.49. The Morgan fingerprint density at radius 3 is 3.00 bits per heavy atom. The molecule has 136 valence electrons. The van der Waals surface area contributed by atoms with E-state index in [1.54, 1.807) is 13.8 Å². The summed E-state index contributed by atoms with van der Waals surface area (Å²) >= 11 is 1.48. The number of esters is 1. The van der Waals surface area contributed by atoms with Crippen molar-refractivity contribution in [2.75, 3.05) is 12.4 Å². The first kappa shape index (κ1) is 17.8. The van der Waals surface area contributed by atoms with Crippen molar-refractivity contribution in [2.24, 2.45) is 0 Å². The SMILES string of the molecule is CCOC(=O)C1=C(CSc2nnc3n2CCCCC3)NC(=O)NC1C. The van der Waals surface area contributed by atoms with Crippen molar-refractivity contribution in [2.45, 2.75) is 57.3 Å². The number of carbonyl (C=O) groups excluding carboxylic acids is 2. The van der Waals surface area contributed by atoms with Gasteiger partial charge in [-0.05, 0) is 26.7 Å². The lowest BCUT2D eigenvalue weighted by atomic mass is 10.1. The zero-order valence-electron chi connectivity index (χ0n) is 14.5. The molecular weight excluding hydrogens is 342 g/mol. The molecule has 2 aliphatic rings. The molecule has 9 heteroatoms. The van der Waals surface area contributed by atoms with Crippen LogP contribution < -0.4 is 10.6 Å². The maximum absolute atomic E-state index is 12.3. The number of amides is 2. The van der Waals surface area contributed by atoms with E-state index in [2.05, 4.69) is 25.4 Å². The lowest BCUT2D eigenvalue weighted by molar-refractivity contribution is -0.138. The number of hydrogen-bond acceptors (Lipinski definition) is 6. The molecule has 1 atom stereocenters. The van der Waals surface area contributed by atoms with E-state index in [1.165, 1.54) is 18.2 Å². The van der Waals surface area contributed by atoms with Gasteiger partial charge in [-0.15, -0.1) is 10.2 Å². The number of thioether (sulfide) groups is 1. The summed E-state index contributed by atoms with van der Waals surface area (Å²) in [5.41, 5.74) is 1.04. The van der Waals surface area contributed by atoms with Crippen LogP contribution in [-0.2, 0) is 22.5 Å². The third-order valence-electron chi connectivity index (χ3n) is 4.29. The van der Waals surface area contributed by atoms with Crippen LogP contribution in [0.3, 0.4) is 0 Å². The first-order chi connectivity index (χ1) is 12.1. The molecule has 0 saturated heterocycles. The molecule has 0 bridgehead atoms. The van der Waals surface area contributed by atoms with E-state index < -0.39 is 5.97 Å². The molecule has 1 aromatic rings. The topological polar surface area (TPSA) is 98.1 Å². The van der Waals surface area contributed by atoms with Crippen LogP contribution in [0, 0.1) is 0 Å². The average Bonchev–Trinajstić information content (AvgIpc) is 2.79. The van der Waals surface area contributed by atoms with Gasteiger partial charge in [-0.25, -0.2) is 9.59 Å². The van der Waals surface area contributed by atoms with Crippen molar-refractivity contribution < 1.29 is 14.3 Å². The molecule has 0 fully saturated rings. The Balaban J connectivity index is 1.79. The van der Waals surface area contributed by atoms with Crippen molar-refractivity contribution in [1.29, 1.82) is 0 Å². The van der Waals surface area contributed by atoms with Crippen molar-refractivity contribution in [3.05, 3.63) is 17.1 Å². The van der Waals surface area contributed by atoms with E-state index in [4.69, 9.17) is 4.74 Å². The normalized spacial score (nSPS) is 20.4. The summed E-state index contributed by atoms with van der Waals surface area (Å²) in [6.07, 6.45) is 4.40. The smallest absolute Gasteiger partial charge is 0.337 e. The summed E-state index contributed by atoms with van der Waals surface area (Å²) in [5.74, 6) is 1.05. The highest BCUT2D eigenvalue weighted by atomic mass is 32.2. The molecule has 0 aliphatic carbocycles. The van der Waals surface area contributed by atoms with Crippen LogP contribution in [0.1, 0.15) is 38.9 Å². The summed E-state index contributed by atoms with van der Waals surface area (Å²) in [5, 5.41) is 14.8. The number of nitrogens with one attached hydrogen (secondary N) is 2. The zero-order chi connectivity index (χ0) is 17.8. The first-order valence-corrected chi connectivity index (χ1v) is 9.61. The highest BCUT2D eigenvalue weighted by molar-refractivity contribution is 7.99. The maximum atomic E-state index is 12.3. The number of hydrogen-bond donors (Lipinski definition) is 2. The Morgan fingerprint density at radius 1 is 1.36 bits per heavy atom. The van der Waals surface area contributed by atoms with Crippen LogP contribution >= 0.6 is 11.8 Å². The third kappa shape index (κ3) is 3.97. The largest absolute Gasteiger partial charge is 0.463 e. The summed E-state index contributed by atoms with van der Waals surface area (Å²) in [6, 6.07) is -0.699. The predicted octanol–water partition coefficient (Wildman–Crippen LogP) is 1.62. The Kier molecular flexibility index (Phi) is 5.62. The van der Waals surface area contributed by atoms with Gasteiger partial charge in [0, 0.05) is 24.4 Å². The van der Waals surface area contributed by atoms with Gasteiger partial charge in [-0.3, -0.25) is 0 Å². The Labute approximate surface area is 150 Å². The van der Waals surface area contributed by atoms with Gasteiger partial charge < -0.3 is 19.9 Å². The molecule has 1 aromatic heterocycles. The molecule has 25 heavy (non-hydrogen) atoms. The molecular formula is C16H23N5O3S. The monoisotopic (exact) mass is 365 g/mol. The molecule has 3 heterocycles. The fourth-order valence-electron chi connectivity index (χ4n) is 3.10. The van der Waals surface area contributed by atoms with Gasteiger partial charge in [0.2, 0.25) is 0 Å². The van der Waals surface area contributed by atoms with Crippen molar-refractivity contribution in [3.8, 4) is 0 Å². The number of ether oxygens (including phenoxy) is 1. The fraction of sp³-hybridized carbons (Fsp3) is 0.625. The Morgan fingerprint density at radius 2 is 2.20 bits per heavy atom. The van der Waals surface area contributed by atoms with Crippen LogP contribution in [0.4, 0.5) is 4.79 Å². The number of rotatable bonds is 5. The van der Waals surface area contributed by atoms with E-state index in [0.29, 0.717) is 23.6 Å². The number of carbonyl (C=O) groups is 2. The quantitative estimate of drug-likeness (QED) is 0.608. The third-order valence-corrected chi connectivity index (χ3v) is 5.28. The molecule has 2 amide bonds. The van der Waals surface area contributed by atoms with Gasteiger partial charge in [0.15, 0.2) is 5.16 Å². The first-order valence-electron chi connectivity index (χ1n) is 8.62. The molecule has 2 N–H and O–H groups in total. The van der Waals surface area contributed by atoms with E-state index >= 15 is 0 Å². The minimum absolute atomic E-state index is 0.293. The van der Waals surface area contributed by atoms with Gasteiger partial charge in [-0.1, -0.05) is 18.2 Å². The van der Waals surface area contributed by atoms with Crippen molar-refractivity contribution in [1.82, 2.24) is 25.4 Å². The number of urea groups is 1. The van der Waals surface area contributed by atoms with Gasteiger partial charge in [0.05, 0.1) is 18.2 Å². The number of aryl methyl sites for hydroxylation is 1. The summed E-state index contributed by atoms with van der Waals surface area (Å²) in [6.45, 7) is 4.75. The summed E-state index contributed by atoms with van der Waals surface area (Å²) < 4.78 is 7.28. The van der Waals surface area contributed by atoms with E-state index in [0.717, 1.165) is 36.8 Å². The van der Waals surface area contributed by atoms with E-state index in [-0.39, 0.29) is 12.1 Å². The molecule has 0 spiro atoms. The van der Waals surface area contributed by atoms with Crippen LogP contribution in [-0.4, -0.2) is 45.2 Å². The van der Waals surface area contributed by atoms with Gasteiger partial charge in [0.25, 0.3) is 0 Å². The second-order valence-electron chi connectivity index (χ2n) is 6.08. The number of aromatic nitrogens is 3. The zero-order valence-corrected chi connectivity index (χ0v) is 15.3. The summed E-state index contributed by atoms with van der Waals surface area (Å²) in [4.78, 5) is 24.0. The minimum Gasteiger partial charge on any atom is -0.463 e. The minimum atomic E-state index is -0.404. The van der Waals surface area contributed by atoms with Crippen LogP contribution in [0.15, 0.2) is 16.4 Å². The standard InChI is InChI=1S/C16H23N5O3S/c1-3-24-14(22)13-10(2)17-15(23)18-11(13)9-25-16-20-19-12-7-5-4-6-8-21(12)16/h10H,3-9H2,1-2H3,(H2,17,18,23). The highest BCUT2D eigenvalue weighted by Crippen LogP contribution is 2.25. The second-order valence-corrected chi connectivity index (χ2v) is 7.03. The molecule has 8 nitrogen and oxygen atoms in total. The fourth-order valence-corrected chi connectivity index (χ4v) is 4.05. The average molecular weight is 365 g/mol. The van der Waals surface area contributed by atoms with Crippen LogP contribution in [0.2, 0.25) is 0 Å². The van der Waals surface area contributed by atoms with Gasteiger partial charge in [0.1, 0.15) is 5.82 Å². The molecule has 3 rings (SSSR count). The predicted molar refractivity (Wildman–Crippen MR) is 93.1 cm³/mol. The highest BCUT2D eigenvalue weighted by Gasteiger charge is 2.30.